The Labute approximate surface area is 134 Å². The molecule has 0 fully saturated rings. The van der Waals surface area contributed by atoms with Gasteiger partial charge in [0.05, 0.1) is 9.13 Å². The molecule has 0 bridgehead atoms. The second-order valence-corrected chi connectivity index (χ2v) is 5.54. The summed E-state index contributed by atoms with van der Waals surface area (Å²) in [5, 5.41) is 2.73. The van der Waals surface area contributed by atoms with Gasteiger partial charge in [-0.3, -0.25) is 0 Å². The highest BCUT2D eigenvalue weighted by atomic mass is 127. The van der Waals surface area contributed by atoms with Gasteiger partial charge in [0.25, 0.3) is 0 Å². The smallest absolute Gasteiger partial charge is 0.416 e. The molecule has 2 aromatic rings. The molecular formula is C15H13F3INO. The zero-order chi connectivity index (χ0) is 15.5. The van der Waals surface area contributed by atoms with Crippen LogP contribution in [0, 0.1) is 3.57 Å². The van der Waals surface area contributed by atoms with Crippen LogP contribution in [0.25, 0.3) is 0 Å². The lowest BCUT2D eigenvalue weighted by Crippen LogP contribution is -2.14. The first-order valence-corrected chi connectivity index (χ1v) is 7.27. The Morgan fingerprint density at radius 1 is 1.14 bits per heavy atom. The molecule has 0 atom stereocenters. The van der Waals surface area contributed by atoms with E-state index >= 15 is 0 Å². The molecule has 0 heterocycles. The van der Waals surface area contributed by atoms with Crippen molar-refractivity contribution in [3.63, 3.8) is 0 Å². The highest BCUT2D eigenvalue weighted by Crippen LogP contribution is 2.36. The van der Waals surface area contributed by atoms with Crippen LogP contribution in [0.5, 0.6) is 11.5 Å². The maximum Gasteiger partial charge on any atom is 0.416 e. The second-order valence-electron chi connectivity index (χ2n) is 4.38. The van der Waals surface area contributed by atoms with Gasteiger partial charge in [-0.1, -0.05) is 18.2 Å². The van der Waals surface area contributed by atoms with E-state index in [4.69, 9.17) is 4.74 Å². The van der Waals surface area contributed by atoms with Gasteiger partial charge in [0, 0.05) is 6.54 Å². The molecule has 21 heavy (non-hydrogen) atoms. The number of benzene rings is 2. The topological polar surface area (TPSA) is 21.3 Å². The number of hydrogen-bond donors (Lipinski definition) is 1. The van der Waals surface area contributed by atoms with E-state index in [9.17, 15) is 13.2 Å². The largest absolute Gasteiger partial charge is 0.456 e. The Morgan fingerprint density at radius 3 is 2.48 bits per heavy atom. The third-order valence-electron chi connectivity index (χ3n) is 2.82. The van der Waals surface area contributed by atoms with Crippen LogP contribution in [0.2, 0.25) is 0 Å². The van der Waals surface area contributed by atoms with Crippen LogP contribution in [0.3, 0.4) is 0 Å². The summed E-state index contributed by atoms with van der Waals surface area (Å²) in [6.07, 6.45) is -4.41. The summed E-state index contributed by atoms with van der Waals surface area (Å²) in [5.74, 6) is 0.707. The first-order chi connectivity index (χ1) is 9.91. The number of para-hydroxylation sites is 1. The van der Waals surface area contributed by atoms with Gasteiger partial charge >= 0.3 is 6.18 Å². The van der Waals surface area contributed by atoms with Crippen LogP contribution in [-0.2, 0) is 12.7 Å². The van der Waals surface area contributed by atoms with Crippen LogP contribution >= 0.6 is 22.6 Å². The number of alkyl halides is 3. The van der Waals surface area contributed by atoms with Crippen molar-refractivity contribution in [2.24, 2.45) is 0 Å². The van der Waals surface area contributed by atoms with Gasteiger partial charge in [-0.05, 0) is 59.5 Å². The maximum absolute atomic E-state index is 13.1. The fourth-order valence-corrected chi connectivity index (χ4v) is 2.38. The van der Waals surface area contributed by atoms with Gasteiger partial charge in [0.1, 0.15) is 11.5 Å². The van der Waals surface area contributed by atoms with Crippen molar-refractivity contribution in [1.82, 2.24) is 5.32 Å². The molecule has 0 aromatic heterocycles. The van der Waals surface area contributed by atoms with Gasteiger partial charge < -0.3 is 10.1 Å². The lowest BCUT2D eigenvalue weighted by atomic mass is 10.1. The number of ether oxygens (including phenoxy) is 1. The van der Waals surface area contributed by atoms with E-state index in [2.05, 4.69) is 27.9 Å². The van der Waals surface area contributed by atoms with E-state index in [1.807, 2.05) is 12.1 Å². The molecule has 0 aliphatic heterocycles. The summed E-state index contributed by atoms with van der Waals surface area (Å²) in [6, 6.07) is 11.2. The molecule has 0 aliphatic rings. The van der Waals surface area contributed by atoms with E-state index in [1.54, 1.807) is 25.2 Å². The van der Waals surface area contributed by atoms with Crippen molar-refractivity contribution in [3.05, 3.63) is 57.2 Å². The van der Waals surface area contributed by atoms with Crippen molar-refractivity contribution in [2.45, 2.75) is 12.7 Å². The third kappa shape index (κ3) is 4.10. The van der Waals surface area contributed by atoms with Gasteiger partial charge in [-0.2, -0.15) is 13.2 Å². The van der Waals surface area contributed by atoms with E-state index in [-0.39, 0.29) is 17.9 Å². The molecule has 0 unspecified atom stereocenters. The van der Waals surface area contributed by atoms with Crippen LogP contribution in [0.15, 0.2) is 42.5 Å². The molecular weight excluding hydrogens is 394 g/mol. The summed E-state index contributed by atoms with van der Waals surface area (Å²) in [7, 11) is 1.61. The Balaban J connectivity index is 2.36. The van der Waals surface area contributed by atoms with Crippen LogP contribution in [-0.4, -0.2) is 7.05 Å². The van der Waals surface area contributed by atoms with Crippen molar-refractivity contribution in [2.75, 3.05) is 7.05 Å². The van der Waals surface area contributed by atoms with Crippen molar-refractivity contribution < 1.29 is 17.9 Å². The Morgan fingerprint density at radius 2 is 1.86 bits per heavy atom. The molecule has 112 valence electrons. The molecule has 0 spiro atoms. The fourth-order valence-electron chi connectivity index (χ4n) is 1.88. The first-order valence-electron chi connectivity index (χ1n) is 6.19. The van der Waals surface area contributed by atoms with Crippen LogP contribution in [0.1, 0.15) is 11.1 Å². The normalized spacial score (nSPS) is 11.5. The van der Waals surface area contributed by atoms with Crippen LogP contribution in [0.4, 0.5) is 13.2 Å². The number of nitrogens with one attached hydrogen (secondary N) is 1. The van der Waals surface area contributed by atoms with Crippen molar-refractivity contribution in [3.8, 4) is 11.5 Å². The Hall–Kier alpha value is -1.28. The number of hydrogen-bond acceptors (Lipinski definition) is 2. The highest BCUT2D eigenvalue weighted by molar-refractivity contribution is 14.1. The zero-order valence-electron chi connectivity index (χ0n) is 11.2. The van der Waals surface area contributed by atoms with Gasteiger partial charge in [-0.25, -0.2) is 0 Å². The number of halogens is 4. The summed E-state index contributed by atoms with van der Waals surface area (Å²) in [6.45, 7) is 0.151. The van der Waals surface area contributed by atoms with E-state index in [0.29, 0.717) is 5.75 Å². The average molecular weight is 407 g/mol. The molecule has 0 amide bonds. The zero-order valence-corrected chi connectivity index (χ0v) is 13.3. The molecule has 0 saturated carbocycles. The minimum atomic E-state index is -4.41. The Kier molecular flexibility index (Phi) is 5.10. The van der Waals surface area contributed by atoms with Crippen LogP contribution < -0.4 is 10.1 Å². The molecule has 1 N–H and O–H groups in total. The summed E-state index contributed by atoms with van der Waals surface area (Å²) >= 11 is 2.07. The quantitative estimate of drug-likeness (QED) is 0.734. The molecule has 0 radical (unpaired) electrons. The number of rotatable bonds is 4. The van der Waals surface area contributed by atoms with Gasteiger partial charge in [-0.15, -0.1) is 0 Å². The summed E-state index contributed by atoms with van der Waals surface area (Å²) in [5.41, 5.74) is -0.486. The standard InChI is InChI=1S/C15H13F3INO/c1-20-9-10-6-7-11(8-12(10)15(16,17)18)21-14-5-3-2-4-13(14)19/h2-8,20H,9H2,1H3. The van der Waals surface area contributed by atoms with Gasteiger partial charge in [0.15, 0.2) is 0 Å². The van der Waals surface area contributed by atoms with E-state index < -0.39 is 11.7 Å². The predicted molar refractivity (Wildman–Crippen MR) is 83.4 cm³/mol. The lowest BCUT2D eigenvalue weighted by molar-refractivity contribution is -0.138. The predicted octanol–water partition coefficient (Wildman–Crippen LogP) is 4.82. The first kappa shape index (κ1) is 16.1. The molecule has 0 aliphatic carbocycles. The third-order valence-corrected chi connectivity index (χ3v) is 3.71. The minimum absolute atomic E-state index is 0.151. The maximum atomic E-state index is 13.1. The molecule has 2 nitrogen and oxygen atoms in total. The molecule has 2 aromatic carbocycles. The molecule has 2 rings (SSSR count). The minimum Gasteiger partial charge on any atom is -0.456 e. The van der Waals surface area contributed by atoms with Crippen molar-refractivity contribution >= 4 is 22.6 Å². The average Bonchev–Trinajstić information content (AvgIpc) is 2.42. The monoisotopic (exact) mass is 407 g/mol. The van der Waals surface area contributed by atoms with Gasteiger partial charge in [0.2, 0.25) is 0 Å². The lowest BCUT2D eigenvalue weighted by Gasteiger charge is -2.15. The Bertz CT molecular complexity index is 629. The fraction of sp³-hybridized carbons (Fsp3) is 0.200. The highest BCUT2D eigenvalue weighted by Gasteiger charge is 2.33. The second kappa shape index (κ2) is 6.65. The summed E-state index contributed by atoms with van der Waals surface area (Å²) in [4.78, 5) is 0. The van der Waals surface area contributed by atoms with E-state index in [0.717, 1.165) is 9.64 Å². The van der Waals surface area contributed by atoms with E-state index in [1.165, 1.54) is 6.07 Å². The van der Waals surface area contributed by atoms with Crippen molar-refractivity contribution in [1.29, 1.82) is 0 Å². The SMILES string of the molecule is CNCc1ccc(Oc2ccccc2I)cc1C(F)(F)F. The molecule has 6 heteroatoms. The summed E-state index contributed by atoms with van der Waals surface area (Å²) < 4.78 is 45.6. The molecule has 0 saturated heterocycles.